The van der Waals surface area contributed by atoms with Gasteiger partial charge in [-0.25, -0.2) is 0 Å². The van der Waals surface area contributed by atoms with E-state index in [-0.39, 0.29) is 12.5 Å². The summed E-state index contributed by atoms with van der Waals surface area (Å²) in [6.07, 6.45) is 2.57. The minimum atomic E-state index is -0.131. The molecule has 0 aromatic carbocycles. The van der Waals surface area contributed by atoms with Crippen molar-refractivity contribution in [3.63, 3.8) is 0 Å². The van der Waals surface area contributed by atoms with Crippen LogP contribution in [0.2, 0.25) is 0 Å². The Morgan fingerprint density at radius 2 is 2.29 bits per heavy atom. The number of amides is 1. The van der Waals surface area contributed by atoms with Crippen molar-refractivity contribution in [2.24, 2.45) is 0 Å². The Morgan fingerprint density at radius 3 is 3.05 bits per heavy atom. The molecular weight excluding hydrogens is 276 g/mol. The lowest BCUT2D eigenvalue weighted by Gasteiger charge is -2.00. The van der Waals surface area contributed by atoms with Crippen LogP contribution in [0.25, 0.3) is 11.5 Å². The Bertz CT molecular complexity index is 617. The van der Waals surface area contributed by atoms with Gasteiger partial charge in [0.05, 0.1) is 13.2 Å². The number of ether oxygens (including phenoxy) is 1. The molecule has 0 spiro atoms. The molecule has 0 bridgehead atoms. The van der Waals surface area contributed by atoms with Gasteiger partial charge in [-0.05, 0) is 12.8 Å². The zero-order chi connectivity index (χ0) is 14.7. The highest BCUT2D eigenvalue weighted by molar-refractivity contribution is 5.75. The molecule has 1 aliphatic rings. The van der Waals surface area contributed by atoms with Gasteiger partial charge in [0.2, 0.25) is 17.6 Å². The maximum atomic E-state index is 11.4. The molecule has 8 nitrogen and oxygen atoms in total. The van der Waals surface area contributed by atoms with Crippen LogP contribution in [0.5, 0.6) is 0 Å². The van der Waals surface area contributed by atoms with Gasteiger partial charge in [0.1, 0.15) is 5.76 Å². The molecule has 0 unspecified atom stereocenters. The molecule has 2 aromatic heterocycles. The van der Waals surface area contributed by atoms with E-state index in [4.69, 9.17) is 13.8 Å². The third-order valence-corrected chi connectivity index (χ3v) is 3.18. The van der Waals surface area contributed by atoms with Gasteiger partial charge in [0, 0.05) is 25.5 Å². The van der Waals surface area contributed by atoms with Crippen LogP contribution >= 0.6 is 0 Å². The van der Waals surface area contributed by atoms with E-state index in [1.807, 2.05) is 6.07 Å². The standard InChI is InChI=1S/C13H16N4O4/c1-19-5-4-11(18)14-7-12-15-13(17-21-12)9-6-10(20-16-9)8-2-3-8/h6,8H,2-5,7H2,1H3,(H,14,18). The van der Waals surface area contributed by atoms with Crippen LogP contribution in [-0.2, 0) is 16.1 Å². The van der Waals surface area contributed by atoms with Gasteiger partial charge in [0.15, 0.2) is 5.69 Å². The number of aromatic nitrogens is 3. The number of hydrogen-bond donors (Lipinski definition) is 1. The van der Waals surface area contributed by atoms with E-state index in [2.05, 4.69) is 20.6 Å². The summed E-state index contributed by atoms with van der Waals surface area (Å²) in [5, 5.41) is 10.4. The first kappa shape index (κ1) is 13.7. The van der Waals surface area contributed by atoms with Crippen LogP contribution in [0.1, 0.15) is 36.8 Å². The first-order valence-corrected chi connectivity index (χ1v) is 6.81. The Kier molecular flexibility index (Phi) is 3.96. The second kappa shape index (κ2) is 6.04. The topological polar surface area (TPSA) is 103 Å². The largest absolute Gasteiger partial charge is 0.384 e. The molecule has 1 aliphatic carbocycles. The predicted octanol–water partition coefficient (Wildman–Crippen LogP) is 1.25. The van der Waals surface area contributed by atoms with Crippen molar-refractivity contribution < 1.29 is 18.6 Å². The number of hydrogen-bond acceptors (Lipinski definition) is 7. The zero-order valence-corrected chi connectivity index (χ0v) is 11.7. The lowest BCUT2D eigenvalue weighted by atomic mass is 10.3. The molecule has 1 N–H and O–H groups in total. The van der Waals surface area contributed by atoms with Crippen molar-refractivity contribution in [2.75, 3.05) is 13.7 Å². The van der Waals surface area contributed by atoms with Crippen molar-refractivity contribution in [2.45, 2.75) is 31.7 Å². The number of carbonyl (C=O) groups excluding carboxylic acids is 1. The molecule has 2 aromatic rings. The number of nitrogens with zero attached hydrogens (tertiary/aromatic N) is 3. The summed E-state index contributed by atoms with van der Waals surface area (Å²) in [6, 6.07) is 1.84. The molecule has 1 saturated carbocycles. The molecule has 1 amide bonds. The van der Waals surface area contributed by atoms with Crippen LogP contribution in [0.4, 0.5) is 0 Å². The Labute approximate surface area is 120 Å². The molecule has 0 atom stereocenters. The average molecular weight is 292 g/mol. The normalized spacial score (nSPS) is 14.3. The Balaban J connectivity index is 1.56. The molecule has 0 saturated heterocycles. The molecule has 0 radical (unpaired) electrons. The SMILES string of the molecule is COCCC(=O)NCc1nc(-c2cc(C3CC3)on2)no1. The Morgan fingerprint density at radius 1 is 1.43 bits per heavy atom. The van der Waals surface area contributed by atoms with Gasteiger partial charge in [-0.15, -0.1) is 0 Å². The monoisotopic (exact) mass is 292 g/mol. The fourth-order valence-corrected chi connectivity index (χ4v) is 1.84. The number of methoxy groups -OCH3 is 1. The van der Waals surface area contributed by atoms with E-state index < -0.39 is 0 Å². The van der Waals surface area contributed by atoms with E-state index in [1.165, 1.54) is 0 Å². The molecule has 0 aliphatic heterocycles. The van der Waals surface area contributed by atoms with Crippen molar-refractivity contribution in [3.8, 4) is 11.5 Å². The highest BCUT2D eigenvalue weighted by Crippen LogP contribution is 2.40. The van der Waals surface area contributed by atoms with Crippen LogP contribution < -0.4 is 5.32 Å². The van der Waals surface area contributed by atoms with Crippen molar-refractivity contribution in [1.29, 1.82) is 0 Å². The minimum Gasteiger partial charge on any atom is -0.384 e. The van der Waals surface area contributed by atoms with Crippen LogP contribution in [0.15, 0.2) is 15.1 Å². The minimum absolute atomic E-state index is 0.131. The molecule has 21 heavy (non-hydrogen) atoms. The van der Waals surface area contributed by atoms with Gasteiger partial charge >= 0.3 is 0 Å². The number of rotatable bonds is 7. The molecule has 112 valence electrons. The van der Waals surface area contributed by atoms with Gasteiger partial charge in [-0.2, -0.15) is 4.98 Å². The highest BCUT2D eigenvalue weighted by Gasteiger charge is 2.28. The molecule has 2 heterocycles. The quantitative estimate of drug-likeness (QED) is 0.819. The maximum absolute atomic E-state index is 11.4. The first-order chi connectivity index (χ1) is 10.3. The summed E-state index contributed by atoms with van der Waals surface area (Å²) in [6.45, 7) is 0.562. The van der Waals surface area contributed by atoms with Crippen LogP contribution in [-0.4, -0.2) is 34.9 Å². The number of carbonyl (C=O) groups is 1. The highest BCUT2D eigenvalue weighted by atomic mass is 16.5. The van der Waals surface area contributed by atoms with E-state index in [9.17, 15) is 4.79 Å². The van der Waals surface area contributed by atoms with Crippen LogP contribution in [0.3, 0.4) is 0 Å². The van der Waals surface area contributed by atoms with Gasteiger partial charge in [-0.1, -0.05) is 10.3 Å². The van der Waals surface area contributed by atoms with E-state index in [0.717, 1.165) is 18.6 Å². The first-order valence-electron chi connectivity index (χ1n) is 6.81. The third-order valence-electron chi connectivity index (χ3n) is 3.18. The lowest BCUT2D eigenvalue weighted by Crippen LogP contribution is -2.23. The lowest BCUT2D eigenvalue weighted by molar-refractivity contribution is -0.122. The second-order valence-corrected chi connectivity index (χ2v) is 4.92. The smallest absolute Gasteiger partial charge is 0.246 e. The zero-order valence-electron chi connectivity index (χ0n) is 11.7. The van der Waals surface area contributed by atoms with Gasteiger partial charge < -0.3 is 19.1 Å². The summed E-state index contributed by atoms with van der Waals surface area (Å²) in [7, 11) is 1.55. The molecule has 3 rings (SSSR count). The fourth-order valence-electron chi connectivity index (χ4n) is 1.84. The van der Waals surface area contributed by atoms with E-state index in [0.29, 0.717) is 36.4 Å². The van der Waals surface area contributed by atoms with Crippen LogP contribution in [0, 0.1) is 0 Å². The molecule has 1 fully saturated rings. The van der Waals surface area contributed by atoms with Gasteiger partial charge in [-0.3, -0.25) is 4.79 Å². The second-order valence-electron chi connectivity index (χ2n) is 4.92. The van der Waals surface area contributed by atoms with Crippen molar-refractivity contribution in [1.82, 2.24) is 20.6 Å². The Hall–Kier alpha value is -2.22. The maximum Gasteiger partial charge on any atom is 0.246 e. The summed E-state index contributed by atoms with van der Waals surface area (Å²) < 4.78 is 15.1. The fraction of sp³-hybridized carbons (Fsp3) is 0.538. The molecule has 8 heteroatoms. The van der Waals surface area contributed by atoms with E-state index >= 15 is 0 Å². The van der Waals surface area contributed by atoms with Gasteiger partial charge in [0.25, 0.3) is 0 Å². The van der Waals surface area contributed by atoms with Crippen molar-refractivity contribution in [3.05, 3.63) is 17.7 Å². The summed E-state index contributed by atoms with van der Waals surface area (Å²) >= 11 is 0. The number of nitrogens with one attached hydrogen (secondary N) is 1. The third kappa shape index (κ3) is 3.46. The van der Waals surface area contributed by atoms with Crippen molar-refractivity contribution >= 4 is 5.91 Å². The summed E-state index contributed by atoms with van der Waals surface area (Å²) in [4.78, 5) is 15.6. The molecular formula is C13H16N4O4. The summed E-state index contributed by atoms with van der Waals surface area (Å²) in [5.74, 6) is 1.91. The average Bonchev–Trinajstić information content (AvgIpc) is 3.04. The summed E-state index contributed by atoms with van der Waals surface area (Å²) in [5.41, 5.74) is 0.553. The predicted molar refractivity (Wildman–Crippen MR) is 70.1 cm³/mol. The van der Waals surface area contributed by atoms with E-state index in [1.54, 1.807) is 7.11 Å².